The molecule has 3 aromatic heterocycles. The van der Waals surface area contributed by atoms with Crippen molar-refractivity contribution in [1.82, 2.24) is 15.0 Å². The Kier molecular flexibility index (Phi) is 7.86. The van der Waals surface area contributed by atoms with E-state index in [9.17, 15) is 13.2 Å². The third-order valence-electron chi connectivity index (χ3n) is 9.13. The van der Waals surface area contributed by atoms with E-state index in [1.165, 1.54) is 57.2 Å². The smallest absolute Gasteiger partial charge is 0.133 e. The fourth-order valence-corrected chi connectivity index (χ4v) is 6.50. The van der Waals surface area contributed by atoms with Crippen LogP contribution in [0.4, 0.5) is 26.3 Å². The van der Waals surface area contributed by atoms with Gasteiger partial charge in [0.1, 0.15) is 34.9 Å². The Hall–Kier alpha value is -5.31. The van der Waals surface area contributed by atoms with E-state index in [4.69, 9.17) is 15.0 Å². The van der Waals surface area contributed by atoms with Crippen LogP contribution in [-0.2, 0) is 0 Å². The summed E-state index contributed by atoms with van der Waals surface area (Å²) in [5.41, 5.74) is 1.66. The van der Waals surface area contributed by atoms with Gasteiger partial charge in [-0.2, -0.15) is 0 Å². The molecule has 6 aromatic rings. The maximum absolute atomic E-state index is 16.0. The zero-order chi connectivity index (χ0) is 33.9. The average molecular weight is 652 g/mol. The Balaban J connectivity index is 1.59. The maximum Gasteiger partial charge on any atom is 0.133 e. The molecule has 3 aromatic carbocycles. The minimum absolute atomic E-state index is 0.0950. The second kappa shape index (κ2) is 12.0. The van der Waals surface area contributed by atoms with Crippen molar-refractivity contribution in [3.63, 3.8) is 0 Å². The van der Waals surface area contributed by atoms with E-state index in [2.05, 4.69) is 0 Å². The van der Waals surface area contributed by atoms with E-state index in [1.807, 2.05) is 0 Å². The molecule has 0 unspecified atom stereocenters. The molecule has 0 atom stereocenters. The highest BCUT2D eigenvalue weighted by Crippen LogP contribution is 2.41. The highest BCUT2D eigenvalue weighted by Gasteiger charge is 2.32. The highest BCUT2D eigenvalue weighted by atomic mass is 19.2. The molecular formula is C39H27F6N3. The molecule has 3 nitrogen and oxygen atoms in total. The van der Waals surface area contributed by atoms with Gasteiger partial charge >= 0.3 is 0 Å². The number of rotatable bonds is 3. The van der Waals surface area contributed by atoms with Crippen molar-refractivity contribution in [1.29, 1.82) is 0 Å². The number of halogens is 6. The molecule has 0 saturated heterocycles. The Bertz CT molecular complexity index is 1930. The number of aromatic nitrogens is 3. The first-order valence-electron chi connectivity index (χ1n) is 15.3. The van der Waals surface area contributed by atoms with Crippen LogP contribution in [0.15, 0.2) is 91.0 Å². The summed E-state index contributed by atoms with van der Waals surface area (Å²) >= 11 is 0. The van der Waals surface area contributed by atoms with Gasteiger partial charge in [0.15, 0.2) is 0 Å². The largest absolute Gasteiger partial charge is 0.256 e. The number of fused-ring (bicyclic) bond motifs is 6. The van der Waals surface area contributed by atoms with Gasteiger partial charge in [-0.15, -0.1) is 0 Å². The number of pyridine rings is 3. The summed E-state index contributed by atoms with van der Waals surface area (Å²) in [6.07, 6.45) is 0. The molecule has 0 aliphatic carbocycles. The van der Waals surface area contributed by atoms with Gasteiger partial charge in [0.2, 0.25) is 0 Å². The van der Waals surface area contributed by atoms with Crippen molar-refractivity contribution in [2.75, 3.05) is 0 Å². The molecule has 0 saturated carbocycles. The maximum atomic E-state index is 16.0. The molecule has 1 aliphatic rings. The number of hydrogen-bond donors (Lipinski definition) is 0. The van der Waals surface area contributed by atoms with Crippen molar-refractivity contribution in [2.24, 2.45) is 0 Å². The lowest BCUT2D eigenvalue weighted by atomic mass is 9.85. The first kappa shape index (κ1) is 31.3. The van der Waals surface area contributed by atoms with Gasteiger partial charge in [-0.3, -0.25) is 15.0 Å². The molecule has 0 radical (unpaired) electrons. The standard InChI is InChI=1S/C39H27F6N3/c1-19-25(40)16-13-22(37(19)43)34-28-7-4-9-30(46-28)35(23-14-17-26(41)20(2)38(23)44)32-11-6-12-33(48-32)36(31-10-5-8-29(34)47-31)24-15-18-27(42)21(3)39(24)45/h4-18,34-36H,1-3H3. The summed E-state index contributed by atoms with van der Waals surface area (Å²) in [7, 11) is 0. The van der Waals surface area contributed by atoms with Gasteiger partial charge in [-0.05, 0) is 75.4 Å². The van der Waals surface area contributed by atoms with E-state index < -0.39 is 52.7 Å². The minimum Gasteiger partial charge on any atom is -0.256 e. The SMILES string of the molecule is Cc1c(F)ccc(C2c3cccc(n3)C(c3ccc(F)c(C)c3F)c3cccc(n3)C(c3ccc(F)c(C)c3F)c3cccc2n3)c1F. The van der Waals surface area contributed by atoms with E-state index in [1.54, 1.807) is 54.6 Å². The first-order valence-corrected chi connectivity index (χ1v) is 15.3. The van der Waals surface area contributed by atoms with Crippen LogP contribution in [0.3, 0.4) is 0 Å². The van der Waals surface area contributed by atoms with E-state index in [0.717, 1.165) is 0 Å². The molecule has 6 bridgehead atoms. The summed E-state index contributed by atoms with van der Waals surface area (Å²) in [6, 6.07) is 22.6. The molecule has 0 fully saturated rings. The number of hydrogen-bond acceptors (Lipinski definition) is 3. The lowest BCUT2D eigenvalue weighted by Gasteiger charge is -2.26. The average Bonchev–Trinajstić information content (AvgIpc) is 3.09. The molecule has 48 heavy (non-hydrogen) atoms. The topological polar surface area (TPSA) is 38.7 Å². The molecule has 9 heteroatoms. The van der Waals surface area contributed by atoms with Crippen LogP contribution in [0.2, 0.25) is 0 Å². The highest BCUT2D eigenvalue weighted by molar-refractivity contribution is 5.48. The molecule has 0 spiro atoms. The van der Waals surface area contributed by atoms with E-state index in [-0.39, 0.29) is 33.4 Å². The second-order valence-corrected chi connectivity index (χ2v) is 12.0. The monoisotopic (exact) mass is 651 g/mol. The quantitative estimate of drug-likeness (QED) is 0.179. The first-order chi connectivity index (χ1) is 23.0. The van der Waals surface area contributed by atoms with Gasteiger partial charge in [-0.1, -0.05) is 36.4 Å². The predicted octanol–water partition coefficient (Wildman–Crippen LogP) is 9.49. The molecule has 1 aliphatic heterocycles. The van der Waals surface area contributed by atoms with E-state index in [0.29, 0.717) is 34.2 Å². The summed E-state index contributed by atoms with van der Waals surface area (Å²) in [6.45, 7) is 4.00. The van der Waals surface area contributed by atoms with Crippen LogP contribution < -0.4 is 0 Å². The Labute approximate surface area is 273 Å². The molecular weight excluding hydrogens is 624 g/mol. The zero-order valence-electron chi connectivity index (χ0n) is 26.0. The van der Waals surface area contributed by atoms with Crippen LogP contribution in [0.5, 0.6) is 0 Å². The Morgan fingerprint density at radius 3 is 0.812 bits per heavy atom. The van der Waals surface area contributed by atoms with Crippen molar-refractivity contribution < 1.29 is 26.3 Å². The van der Waals surface area contributed by atoms with Crippen LogP contribution in [0.1, 0.15) is 85.3 Å². The predicted molar refractivity (Wildman–Crippen MR) is 169 cm³/mol. The van der Waals surface area contributed by atoms with Gasteiger partial charge in [-0.25, -0.2) is 26.3 Å². The van der Waals surface area contributed by atoms with Crippen LogP contribution in [-0.4, -0.2) is 15.0 Å². The summed E-state index contributed by atoms with van der Waals surface area (Å²) in [5, 5.41) is 0. The normalized spacial score (nSPS) is 17.1. The van der Waals surface area contributed by atoms with E-state index >= 15 is 13.2 Å². The van der Waals surface area contributed by atoms with Crippen molar-refractivity contribution in [3.8, 4) is 0 Å². The molecule has 7 rings (SSSR count). The minimum atomic E-state index is -0.976. The third-order valence-corrected chi connectivity index (χ3v) is 9.13. The number of benzene rings is 3. The van der Waals surface area contributed by atoms with Crippen LogP contribution in [0.25, 0.3) is 0 Å². The summed E-state index contributed by atoms with van der Waals surface area (Å²) in [5.74, 6) is -7.45. The molecule has 4 heterocycles. The molecule has 0 N–H and O–H groups in total. The van der Waals surface area contributed by atoms with Gasteiger partial charge < -0.3 is 0 Å². The van der Waals surface area contributed by atoms with Crippen molar-refractivity contribution in [3.05, 3.63) is 193 Å². The van der Waals surface area contributed by atoms with Crippen LogP contribution in [0, 0.1) is 55.7 Å². The lowest BCUT2D eigenvalue weighted by Crippen LogP contribution is -2.19. The van der Waals surface area contributed by atoms with Gasteiger partial charge in [0.25, 0.3) is 0 Å². The van der Waals surface area contributed by atoms with Crippen LogP contribution >= 0.6 is 0 Å². The summed E-state index contributed by atoms with van der Waals surface area (Å²) in [4.78, 5) is 14.8. The lowest BCUT2D eigenvalue weighted by molar-refractivity contribution is 0.550. The zero-order valence-corrected chi connectivity index (χ0v) is 26.0. The molecule has 240 valence electrons. The Morgan fingerprint density at radius 1 is 0.354 bits per heavy atom. The summed E-state index contributed by atoms with van der Waals surface area (Å²) < 4.78 is 91.4. The fourth-order valence-electron chi connectivity index (χ4n) is 6.50. The molecule has 0 amide bonds. The van der Waals surface area contributed by atoms with Crippen molar-refractivity contribution >= 4 is 0 Å². The number of nitrogens with zero attached hydrogens (tertiary/aromatic N) is 3. The fraction of sp³-hybridized carbons (Fsp3) is 0.154. The van der Waals surface area contributed by atoms with Gasteiger partial charge in [0, 0.05) is 33.4 Å². The van der Waals surface area contributed by atoms with Crippen molar-refractivity contribution in [2.45, 2.75) is 38.5 Å². The third kappa shape index (κ3) is 5.14. The Morgan fingerprint density at radius 2 is 0.583 bits per heavy atom. The second-order valence-electron chi connectivity index (χ2n) is 12.0. The van der Waals surface area contributed by atoms with Gasteiger partial charge in [0.05, 0.1) is 51.9 Å².